The zero-order chi connectivity index (χ0) is 20.0. The Labute approximate surface area is 165 Å². The van der Waals surface area contributed by atoms with Crippen LogP contribution in [0.3, 0.4) is 0 Å². The Balaban J connectivity index is 1.89. The van der Waals surface area contributed by atoms with Gasteiger partial charge in [-0.3, -0.25) is 4.99 Å². The molecule has 2 rings (SSSR count). The number of methoxy groups -OCH3 is 1. The number of rotatable bonds is 4. The molecule has 0 radical (unpaired) electrons. The fraction of sp³-hybridized carbons (Fsp3) is 0.579. The molecule has 1 aliphatic heterocycles. The average molecular weight is 399 g/mol. The van der Waals surface area contributed by atoms with Gasteiger partial charge in [-0.15, -0.1) is 0 Å². The number of halogens is 2. The number of nitrogens with one attached hydrogen (secondary N) is 2. The van der Waals surface area contributed by atoms with Gasteiger partial charge in [0, 0.05) is 43.2 Å². The Hall–Kier alpha value is -2.02. The van der Waals surface area contributed by atoms with Crippen molar-refractivity contribution in [3.8, 4) is 0 Å². The third kappa shape index (κ3) is 5.73. The molecular weight excluding hydrogens is 371 g/mol. The van der Waals surface area contributed by atoms with E-state index in [4.69, 9.17) is 16.3 Å². The Kier molecular flexibility index (Phi) is 7.30. The number of ether oxygens (including phenoxy) is 1. The first-order chi connectivity index (χ1) is 12.8. The maximum atomic E-state index is 13.3. The lowest BCUT2D eigenvalue weighted by molar-refractivity contribution is 0.111. The fourth-order valence-electron chi connectivity index (χ4n) is 3.16. The van der Waals surface area contributed by atoms with Crippen molar-refractivity contribution in [3.63, 3.8) is 0 Å². The Morgan fingerprint density at radius 1 is 1.41 bits per heavy atom. The van der Waals surface area contributed by atoms with E-state index in [1.807, 2.05) is 13.8 Å². The SMILES string of the molecule is CN=C(NCC(C)(C)c1ccc(F)cc1Cl)NC1CCN(C(=O)OC)CC1. The Morgan fingerprint density at radius 3 is 2.63 bits per heavy atom. The lowest BCUT2D eigenvalue weighted by atomic mass is 9.84. The molecule has 1 heterocycles. The van der Waals surface area contributed by atoms with Gasteiger partial charge in [-0.25, -0.2) is 9.18 Å². The van der Waals surface area contributed by atoms with Crippen molar-refractivity contribution in [2.75, 3.05) is 33.8 Å². The number of benzene rings is 1. The predicted molar refractivity (Wildman–Crippen MR) is 106 cm³/mol. The van der Waals surface area contributed by atoms with Gasteiger partial charge in [0.1, 0.15) is 5.82 Å². The van der Waals surface area contributed by atoms with Crippen LogP contribution in [-0.2, 0) is 10.2 Å². The van der Waals surface area contributed by atoms with Crippen molar-refractivity contribution in [2.24, 2.45) is 4.99 Å². The highest BCUT2D eigenvalue weighted by atomic mass is 35.5. The minimum atomic E-state index is -0.344. The summed E-state index contributed by atoms with van der Waals surface area (Å²) in [6.07, 6.45) is 1.36. The molecule has 8 heteroatoms. The molecule has 0 aliphatic carbocycles. The number of piperidine rings is 1. The molecule has 1 saturated heterocycles. The van der Waals surface area contributed by atoms with E-state index in [9.17, 15) is 9.18 Å². The molecule has 1 aromatic rings. The first kappa shape index (κ1) is 21.3. The number of carbonyl (C=O) groups excluding carboxylic acids is 1. The molecule has 1 aliphatic rings. The molecule has 2 N–H and O–H groups in total. The average Bonchev–Trinajstić information content (AvgIpc) is 2.64. The molecule has 0 saturated carbocycles. The second kappa shape index (κ2) is 9.26. The number of amides is 1. The van der Waals surface area contributed by atoms with Gasteiger partial charge >= 0.3 is 6.09 Å². The van der Waals surface area contributed by atoms with Gasteiger partial charge in [0.05, 0.1) is 7.11 Å². The summed E-state index contributed by atoms with van der Waals surface area (Å²) in [6.45, 7) is 5.97. The molecule has 150 valence electrons. The zero-order valence-corrected chi connectivity index (χ0v) is 17.1. The van der Waals surface area contributed by atoms with E-state index < -0.39 is 0 Å². The topological polar surface area (TPSA) is 66.0 Å². The maximum absolute atomic E-state index is 13.3. The number of carbonyl (C=O) groups is 1. The molecule has 1 aromatic carbocycles. The maximum Gasteiger partial charge on any atom is 0.409 e. The summed E-state index contributed by atoms with van der Waals surface area (Å²) in [4.78, 5) is 17.5. The Bertz CT molecular complexity index is 688. The van der Waals surface area contributed by atoms with Gasteiger partial charge < -0.3 is 20.3 Å². The molecule has 1 fully saturated rings. The lowest BCUT2D eigenvalue weighted by Gasteiger charge is -2.33. The Morgan fingerprint density at radius 2 is 2.07 bits per heavy atom. The lowest BCUT2D eigenvalue weighted by Crippen LogP contribution is -2.51. The molecule has 0 aromatic heterocycles. The van der Waals surface area contributed by atoms with Gasteiger partial charge in [-0.2, -0.15) is 0 Å². The van der Waals surface area contributed by atoms with E-state index >= 15 is 0 Å². The van der Waals surface area contributed by atoms with E-state index in [0.717, 1.165) is 18.4 Å². The van der Waals surface area contributed by atoms with Crippen LogP contribution in [0.5, 0.6) is 0 Å². The number of guanidine groups is 1. The van der Waals surface area contributed by atoms with Crippen molar-refractivity contribution in [2.45, 2.75) is 38.1 Å². The number of aliphatic imine (C=N–C) groups is 1. The molecule has 1 amide bonds. The van der Waals surface area contributed by atoms with E-state index in [1.54, 1.807) is 18.0 Å². The highest BCUT2D eigenvalue weighted by Gasteiger charge is 2.26. The quantitative estimate of drug-likeness (QED) is 0.604. The second-order valence-corrected chi connectivity index (χ2v) is 7.72. The molecule has 27 heavy (non-hydrogen) atoms. The summed E-state index contributed by atoms with van der Waals surface area (Å²) in [5.41, 5.74) is 0.566. The van der Waals surface area contributed by atoms with E-state index in [0.29, 0.717) is 30.6 Å². The summed E-state index contributed by atoms with van der Waals surface area (Å²) in [5.74, 6) is 0.348. The van der Waals surface area contributed by atoms with Crippen molar-refractivity contribution in [3.05, 3.63) is 34.6 Å². The van der Waals surface area contributed by atoms with Crippen molar-refractivity contribution in [1.29, 1.82) is 0 Å². The summed E-state index contributed by atoms with van der Waals surface area (Å²) in [5, 5.41) is 7.14. The fourth-order valence-corrected chi connectivity index (χ4v) is 3.58. The normalized spacial score (nSPS) is 16.2. The van der Waals surface area contributed by atoms with Crippen LogP contribution in [0.4, 0.5) is 9.18 Å². The van der Waals surface area contributed by atoms with Crippen LogP contribution in [0.15, 0.2) is 23.2 Å². The van der Waals surface area contributed by atoms with Crippen LogP contribution >= 0.6 is 11.6 Å². The van der Waals surface area contributed by atoms with Crippen LogP contribution in [0, 0.1) is 5.82 Å². The van der Waals surface area contributed by atoms with Crippen molar-refractivity contribution in [1.82, 2.24) is 15.5 Å². The van der Waals surface area contributed by atoms with Gasteiger partial charge in [0.2, 0.25) is 0 Å². The standard InChI is InChI=1S/C19H28ClFN4O2/c1-19(2,15-6-5-13(21)11-16(15)20)12-23-17(22-3)24-14-7-9-25(10-8-14)18(26)27-4/h5-6,11,14H,7-10,12H2,1-4H3,(H2,22,23,24). The number of hydrogen-bond donors (Lipinski definition) is 2. The van der Waals surface area contributed by atoms with E-state index in [-0.39, 0.29) is 23.4 Å². The van der Waals surface area contributed by atoms with Gasteiger partial charge in [-0.05, 0) is 30.5 Å². The third-order valence-electron chi connectivity index (χ3n) is 4.85. The summed E-state index contributed by atoms with van der Waals surface area (Å²) in [7, 11) is 3.12. The smallest absolute Gasteiger partial charge is 0.409 e. The third-order valence-corrected chi connectivity index (χ3v) is 5.16. The van der Waals surface area contributed by atoms with Crippen LogP contribution < -0.4 is 10.6 Å². The van der Waals surface area contributed by atoms with Gasteiger partial charge in [-0.1, -0.05) is 31.5 Å². The highest BCUT2D eigenvalue weighted by molar-refractivity contribution is 6.31. The number of hydrogen-bond acceptors (Lipinski definition) is 3. The predicted octanol–water partition coefficient (Wildman–Crippen LogP) is 3.15. The molecule has 0 bridgehead atoms. The highest BCUT2D eigenvalue weighted by Crippen LogP contribution is 2.29. The molecule has 0 unspecified atom stereocenters. The van der Waals surface area contributed by atoms with Crippen LogP contribution in [0.25, 0.3) is 0 Å². The van der Waals surface area contributed by atoms with E-state index in [1.165, 1.54) is 19.2 Å². The van der Waals surface area contributed by atoms with Gasteiger partial charge in [0.15, 0.2) is 5.96 Å². The first-order valence-electron chi connectivity index (χ1n) is 9.02. The van der Waals surface area contributed by atoms with Crippen molar-refractivity contribution >= 4 is 23.7 Å². The minimum Gasteiger partial charge on any atom is -0.453 e. The minimum absolute atomic E-state index is 0.231. The van der Waals surface area contributed by atoms with Gasteiger partial charge in [0.25, 0.3) is 0 Å². The summed E-state index contributed by atoms with van der Waals surface area (Å²) < 4.78 is 18.1. The number of nitrogens with zero attached hydrogens (tertiary/aromatic N) is 2. The van der Waals surface area contributed by atoms with Crippen molar-refractivity contribution < 1.29 is 13.9 Å². The second-order valence-electron chi connectivity index (χ2n) is 7.31. The molecule has 0 atom stereocenters. The molecule has 6 nitrogen and oxygen atoms in total. The van der Waals surface area contributed by atoms with E-state index in [2.05, 4.69) is 15.6 Å². The first-order valence-corrected chi connectivity index (χ1v) is 9.40. The van der Waals surface area contributed by atoms with Crippen LogP contribution in [0.1, 0.15) is 32.3 Å². The monoisotopic (exact) mass is 398 g/mol. The van der Waals surface area contributed by atoms with Crippen LogP contribution in [0.2, 0.25) is 5.02 Å². The largest absolute Gasteiger partial charge is 0.453 e. The number of likely N-dealkylation sites (tertiary alicyclic amines) is 1. The zero-order valence-electron chi connectivity index (χ0n) is 16.3. The molecular formula is C19H28ClFN4O2. The summed E-state index contributed by atoms with van der Waals surface area (Å²) >= 11 is 6.21. The summed E-state index contributed by atoms with van der Waals surface area (Å²) in [6, 6.07) is 4.71. The molecule has 0 spiro atoms. The van der Waals surface area contributed by atoms with Crippen LogP contribution in [-0.4, -0.2) is 56.8 Å².